The first-order valence-corrected chi connectivity index (χ1v) is 7.20. The Morgan fingerprint density at radius 2 is 2.55 bits per heavy atom. The molecule has 1 nitrogen and oxygen atoms in total. The summed E-state index contributed by atoms with van der Waals surface area (Å²) in [5.74, 6) is 2.46. The molecule has 0 unspecified atom stereocenters. The largest absolute Gasteiger partial charge is 0.270 e. The molecule has 0 fully saturated rings. The number of rotatable bonds is 4. The van der Waals surface area contributed by atoms with Crippen molar-refractivity contribution in [2.75, 3.05) is 18.1 Å². The molecule has 4 heteroatoms. The van der Waals surface area contributed by atoms with Gasteiger partial charge in [-0.25, -0.2) is 0 Å². The molecule has 0 aromatic carbocycles. The summed E-state index contributed by atoms with van der Waals surface area (Å²) in [6.07, 6.45) is 2.63. The van der Waals surface area contributed by atoms with Crippen LogP contribution in [0.1, 0.15) is 19.8 Å². The molecular formula is C7H13NS3. The molecule has 1 aliphatic rings. The van der Waals surface area contributed by atoms with E-state index in [4.69, 9.17) is 0 Å². The minimum Gasteiger partial charge on any atom is -0.270 e. The van der Waals surface area contributed by atoms with Gasteiger partial charge >= 0.3 is 0 Å². The molecule has 1 rings (SSSR count). The predicted molar refractivity (Wildman–Crippen MR) is 59.7 cm³/mol. The van der Waals surface area contributed by atoms with E-state index in [-0.39, 0.29) is 0 Å². The Balaban J connectivity index is 1.94. The molecule has 0 amide bonds. The lowest BCUT2D eigenvalue weighted by Crippen LogP contribution is -1.77. The SMILES string of the molecule is CCCCSSC1=NCCS1. The van der Waals surface area contributed by atoms with Crippen molar-refractivity contribution in [3.05, 3.63) is 0 Å². The van der Waals surface area contributed by atoms with E-state index >= 15 is 0 Å². The van der Waals surface area contributed by atoms with Crippen LogP contribution in [0, 0.1) is 0 Å². The summed E-state index contributed by atoms with van der Waals surface area (Å²) in [5, 5.41) is 0. The van der Waals surface area contributed by atoms with Crippen LogP contribution in [0.4, 0.5) is 0 Å². The van der Waals surface area contributed by atoms with Gasteiger partial charge in [0, 0.05) is 11.5 Å². The first kappa shape index (κ1) is 9.81. The minimum absolute atomic E-state index is 1.03. The molecule has 0 atom stereocenters. The Morgan fingerprint density at radius 3 is 3.18 bits per heavy atom. The van der Waals surface area contributed by atoms with Crippen LogP contribution in [-0.2, 0) is 0 Å². The Labute approximate surface area is 80.6 Å². The van der Waals surface area contributed by atoms with Crippen LogP contribution in [0.3, 0.4) is 0 Å². The summed E-state index contributed by atoms with van der Waals surface area (Å²) in [6.45, 7) is 3.26. The molecule has 0 spiro atoms. The maximum Gasteiger partial charge on any atom is 0.135 e. The van der Waals surface area contributed by atoms with Crippen molar-refractivity contribution in [1.29, 1.82) is 0 Å². The molecule has 0 radical (unpaired) electrons. The van der Waals surface area contributed by atoms with E-state index in [2.05, 4.69) is 11.9 Å². The molecule has 0 aromatic rings. The van der Waals surface area contributed by atoms with Crippen molar-refractivity contribution in [1.82, 2.24) is 0 Å². The summed E-state index contributed by atoms with van der Waals surface area (Å²) >= 11 is 1.89. The van der Waals surface area contributed by atoms with E-state index in [1.54, 1.807) is 0 Å². The van der Waals surface area contributed by atoms with Gasteiger partial charge < -0.3 is 0 Å². The van der Waals surface area contributed by atoms with Gasteiger partial charge in [-0.05, 0) is 17.2 Å². The quantitative estimate of drug-likeness (QED) is 0.518. The lowest BCUT2D eigenvalue weighted by atomic mass is 10.4. The number of thioether (sulfide) groups is 1. The van der Waals surface area contributed by atoms with E-state index < -0.39 is 0 Å². The Hall–Kier alpha value is 0.720. The standard InChI is InChI=1S/C7H13NS3/c1-2-3-5-10-11-7-8-4-6-9-7/h2-6H2,1H3. The van der Waals surface area contributed by atoms with Crippen molar-refractivity contribution >= 4 is 37.7 Å². The van der Waals surface area contributed by atoms with Crippen molar-refractivity contribution in [3.8, 4) is 0 Å². The first-order chi connectivity index (χ1) is 5.43. The smallest absolute Gasteiger partial charge is 0.135 e. The highest BCUT2D eigenvalue weighted by molar-refractivity contribution is 8.86. The van der Waals surface area contributed by atoms with Crippen LogP contribution in [0.2, 0.25) is 0 Å². The molecular weight excluding hydrogens is 194 g/mol. The van der Waals surface area contributed by atoms with Crippen molar-refractivity contribution in [3.63, 3.8) is 0 Å². The fourth-order valence-corrected chi connectivity index (χ4v) is 4.31. The molecule has 0 bridgehead atoms. The van der Waals surface area contributed by atoms with Gasteiger partial charge in [0.15, 0.2) is 0 Å². The van der Waals surface area contributed by atoms with Crippen LogP contribution >= 0.6 is 33.3 Å². The number of hydrogen-bond donors (Lipinski definition) is 0. The van der Waals surface area contributed by atoms with E-state index in [9.17, 15) is 0 Å². The molecule has 1 aliphatic heterocycles. The second kappa shape index (κ2) is 6.26. The van der Waals surface area contributed by atoms with E-state index in [0.29, 0.717) is 0 Å². The van der Waals surface area contributed by atoms with Gasteiger partial charge in [0.25, 0.3) is 0 Å². The average Bonchev–Trinajstić information content (AvgIpc) is 2.50. The third kappa shape index (κ3) is 4.33. The summed E-state index contributed by atoms with van der Waals surface area (Å²) < 4.78 is 1.28. The normalized spacial score (nSPS) is 17.0. The third-order valence-electron chi connectivity index (χ3n) is 1.27. The van der Waals surface area contributed by atoms with E-state index in [0.717, 1.165) is 6.54 Å². The molecule has 0 aliphatic carbocycles. The van der Waals surface area contributed by atoms with Crippen LogP contribution in [0.25, 0.3) is 0 Å². The van der Waals surface area contributed by atoms with E-state index in [1.165, 1.54) is 28.7 Å². The van der Waals surface area contributed by atoms with Crippen molar-refractivity contribution in [2.45, 2.75) is 19.8 Å². The molecule has 64 valence electrons. The Bertz CT molecular complexity index is 136. The Morgan fingerprint density at radius 1 is 1.64 bits per heavy atom. The highest BCUT2D eigenvalue weighted by Gasteiger charge is 2.06. The number of unbranched alkanes of at least 4 members (excludes halogenated alkanes) is 1. The molecule has 0 saturated heterocycles. The van der Waals surface area contributed by atoms with Crippen molar-refractivity contribution in [2.24, 2.45) is 4.99 Å². The summed E-state index contributed by atoms with van der Waals surface area (Å²) in [6, 6.07) is 0. The van der Waals surface area contributed by atoms with Crippen LogP contribution < -0.4 is 0 Å². The zero-order valence-electron chi connectivity index (χ0n) is 6.71. The van der Waals surface area contributed by atoms with Gasteiger partial charge in [-0.3, -0.25) is 4.99 Å². The van der Waals surface area contributed by atoms with Crippen LogP contribution in [-0.4, -0.2) is 22.4 Å². The monoisotopic (exact) mass is 207 g/mol. The van der Waals surface area contributed by atoms with Gasteiger partial charge in [-0.15, -0.1) is 0 Å². The Kier molecular flexibility index (Phi) is 5.58. The van der Waals surface area contributed by atoms with Gasteiger partial charge in [0.05, 0.1) is 6.54 Å². The van der Waals surface area contributed by atoms with E-state index in [1.807, 2.05) is 33.3 Å². The molecule has 0 N–H and O–H groups in total. The highest BCUT2D eigenvalue weighted by atomic mass is 33.1. The molecule has 1 heterocycles. The predicted octanol–water partition coefficient (Wildman–Crippen LogP) is 3.27. The molecule has 0 saturated carbocycles. The summed E-state index contributed by atoms with van der Waals surface area (Å²) in [5.41, 5.74) is 0. The summed E-state index contributed by atoms with van der Waals surface area (Å²) in [4.78, 5) is 4.36. The molecule has 0 aromatic heterocycles. The fraction of sp³-hybridized carbons (Fsp3) is 0.857. The minimum atomic E-state index is 1.03. The first-order valence-electron chi connectivity index (χ1n) is 3.90. The topological polar surface area (TPSA) is 12.4 Å². The molecule has 11 heavy (non-hydrogen) atoms. The maximum absolute atomic E-state index is 4.36. The zero-order chi connectivity index (χ0) is 7.94. The van der Waals surface area contributed by atoms with Gasteiger partial charge in [-0.1, -0.05) is 35.9 Å². The lowest BCUT2D eigenvalue weighted by molar-refractivity contribution is 0.898. The van der Waals surface area contributed by atoms with Gasteiger partial charge in [-0.2, -0.15) is 0 Å². The number of nitrogens with zero attached hydrogens (tertiary/aromatic N) is 1. The average molecular weight is 207 g/mol. The highest BCUT2D eigenvalue weighted by Crippen LogP contribution is 2.32. The second-order valence-corrected chi connectivity index (χ2v) is 6.00. The number of hydrogen-bond acceptors (Lipinski definition) is 4. The zero-order valence-corrected chi connectivity index (χ0v) is 9.16. The van der Waals surface area contributed by atoms with Gasteiger partial charge in [0.2, 0.25) is 0 Å². The van der Waals surface area contributed by atoms with Crippen molar-refractivity contribution < 1.29 is 0 Å². The van der Waals surface area contributed by atoms with Gasteiger partial charge in [0.1, 0.15) is 4.38 Å². The third-order valence-corrected chi connectivity index (χ3v) is 5.12. The fourth-order valence-electron chi connectivity index (χ4n) is 0.661. The maximum atomic E-state index is 4.36. The second-order valence-electron chi connectivity index (χ2n) is 2.25. The van der Waals surface area contributed by atoms with Crippen LogP contribution in [0.15, 0.2) is 4.99 Å². The number of aliphatic imine (C=N–C) groups is 1. The lowest BCUT2D eigenvalue weighted by Gasteiger charge is -1.96. The summed E-state index contributed by atoms with van der Waals surface area (Å²) in [7, 11) is 3.79. The van der Waals surface area contributed by atoms with Crippen LogP contribution in [0.5, 0.6) is 0 Å².